The number of amides is 1. The van der Waals surface area contributed by atoms with Gasteiger partial charge in [-0.1, -0.05) is 19.4 Å². The van der Waals surface area contributed by atoms with E-state index in [2.05, 4.69) is 11.9 Å². The smallest absolute Gasteiger partial charge is 0.222 e. The average molecular weight is 226 g/mol. The Morgan fingerprint density at radius 2 is 2.06 bits per heavy atom. The van der Waals surface area contributed by atoms with Gasteiger partial charge in [0.1, 0.15) is 0 Å². The summed E-state index contributed by atoms with van der Waals surface area (Å²) in [6.07, 6.45) is 2.51. The molecule has 0 unspecified atom stereocenters. The molecule has 0 saturated carbocycles. The highest BCUT2D eigenvalue weighted by Gasteiger charge is 2.24. The lowest BCUT2D eigenvalue weighted by Crippen LogP contribution is -2.33. The molecule has 3 heteroatoms. The minimum absolute atomic E-state index is 0.269. The van der Waals surface area contributed by atoms with Crippen LogP contribution >= 0.6 is 0 Å². The fraction of sp³-hybridized carbons (Fsp3) is 0.769. The molecule has 1 N–H and O–H groups in total. The number of nitrogens with zero attached hydrogens (tertiary/aromatic N) is 1. The Labute approximate surface area is 99.9 Å². The summed E-state index contributed by atoms with van der Waals surface area (Å²) in [5.41, 5.74) is 1.09. The highest BCUT2D eigenvalue weighted by Crippen LogP contribution is 2.12. The van der Waals surface area contributed by atoms with E-state index in [1.54, 1.807) is 0 Å². The molecule has 1 fully saturated rings. The molecule has 0 aromatic heterocycles. The SMILES string of the molecule is C=C(C)CCC(=O)N1CC[C@H](NC)C1.CC. The van der Waals surface area contributed by atoms with E-state index in [0.29, 0.717) is 12.5 Å². The minimum atomic E-state index is 0.269. The number of carbonyl (C=O) groups is 1. The summed E-state index contributed by atoms with van der Waals surface area (Å²) in [4.78, 5) is 13.6. The van der Waals surface area contributed by atoms with Crippen LogP contribution in [0.2, 0.25) is 0 Å². The van der Waals surface area contributed by atoms with E-state index >= 15 is 0 Å². The quantitative estimate of drug-likeness (QED) is 0.745. The molecule has 94 valence electrons. The van der Waals surface area contributed by atoms with E-state index in [1.807, 2.05) is 32.7 Å². The Balaban J connectivity index is 0.00000106. The lowest BCUT2D eigenvalue weighted by molar-refractivity contribution is -0.130. The first-order valence-electron chi connectivity index (χ1n) is 6.23. The predicted octanol–water partition coefficient (Wildman–Crippen LogP) is 2.19. The molecule has 16 heavy (non-hydrogen) atoms. The third kappa shape index (κ3) is 5.31. The van der Waals surface area contributed by atoms with Gasteiger partial charge >= 0.3 is 0 Å². The topological polar surface area (TPSA) is 32.3 Å². The summed E-state index contributed by atoms with van der Waals surface area (Å²) in [5.74, 6) is 0.269. The van der Waals surface area contributed by atoms with Crippen molar-refractivity contribution in [2.75, 3.05) is 20.1 Å². The van der Waals surface area contributed by atoms with Crippen molar-refractivity contribution in [2.24, 2.45) is 0 Å². The van der Waals surface area contributed by atoms with E-state index < -0.39 is 0 Å². The van der Waals surface area contributed by atoms with Gasteiger partial charge in [-0.3, -0.25) is 4.79 Å². The van der Waals surface area contributed by atoms with E-state index in [1.165, 1.54) is 0 Å². The number of likely N-dealkylation sites (N-methyl/N-ethyl adjacent to an activating group) is 1. The standard InChI is InChI=1S/C11H20N2O.C2H6/c1-9(2)4-5-11(14)13-7-6-10(8-13)12-3;1-2/h10,12H,1,4-8H2,2-3H3;1-2H3/t10-;/m0./s1. The van der Waals surface area contributed by atoms with E-state index in [9.17, 15) is 4.79 Å². The van der Waals surface area contributed by atoms with Crippen LogP contribution in [0.3, 0.4) is 0 Å². The number of nitrogens with one attached hydrogen (secondary N) is 1. The van der Waals surface area contributed by atoms with E-state index in [-0.39, 0.29) is 5.91 Å². The van der Waals surface area contributed by atoms with Crippen LogP contribution in [0.25, 0.3) is 0 Å². The number of hydrogen-bond acceptors (Lipinski definition) is 2. The first-order chi connectivity index (χ1) is 7.63. The van der Waals surface area contributed by atoms with Crippen LogP contribution in [0.5, 0.6) is 0 Å². The first kappa shape index (κ1) is 15.2. The largest absolute Gasteiger partial charge is 0.341 e. The van der Waals surface area contributed by atoms with Gasteiger partial charge in [-0.05, 0) is 26.8 Å². The highest BCUT2D eigenvalue weighted by molar-refractivity contribution is 5.76. The maximum atomic E-state index is 11.7. The van der Waals surface area contributed by atoms with Gasteiger partial charge in [-0.15, -0.1) is 6.58 Å². The Morgan fingerprint density at radius 3 is 2.50 bits per heavy atom. The van der Waals surface area contributed by atoms with Gasteiger partial charge in [0.15, 0.2) is 0 Å². The van der Waals surface area contributed by atoms with Crippen molar-refractivity contribution in [1.29, 1.82) is 0 Å². The number of carbonyl (C=O) groups excluding carboxylic acids is 1. The Hall–Kier alpha value is -0.830. The van der Waals surface area contributed by atoms with Crippen molar-refractivity contribution >= 4 is 5.91 Å². The number of likely N-dealkylation sites (tertiary alicyclic amines) is 1. The van der Waals surface area contributed by atoms with Crippen LogP contribution in [0, 0.1) is 0 Å². The molecule has 1 rings (SSSR count). The highest BCUT2D eigenvalue weighted by atomic mass is 16.2. The van der Waals surface area contributed by atoms with Crippen LogP contribution in [-0.2, 0) is 4.79 Å². The van der Waals surface area contributed by atoms with Crippen LogP contribution in [0.4, 0.5) is 0 Å². The lowest BCUT2D eigenvalue weighted by atomic mass is 10.2. The van der Waals surface area contributed by atoms with Gasteiger partial charge in [0.2, 0.25) is 5.91 Å². The molecule has 1 amide bonds. The summed E-state index contributed by atoms with van der Waals surface area (Å²) in [6.45, 7) is 11.5. The van der Waals surface area contributed by atoms with Crippen molar-refractivity contribution in [2.45, 2.75) is 46.1 Å². The molecule has 3 nitrogen and oxygen atoms in total. The normalized spacial score (nSPS) is 19.0. The molecule has 0 aliphatic carbocycles. The Bertz CT molecular complexity index is 226. The third-order valence-electron chi connectivity index (χ3n) is 2.71. The molecule has 1 saturated heterocycles. The first-order valence-corrected chi connectivity index (χ1v) is 6.23. The molecule has 1 atom stereocenters. The number of rotatable bonds is 4. The second-order valence-corrected chi connectivity index (χ2v) is 4.07. The summed E-state index contributed by atoms with van der Waals surface area (Å²) in [5, 5.41) is 3.20. The molecule has 1 aliphatic rings. The molecule has 0 spiro atoms. The van der Waals surface area contributed by atoms with Crippen molar-refractivity contribution in [3.05, 3.63) is 12.2 Å². The van der Waals surface area contributed by atoms with Gasteiger partial charge in [-0.25, -0.2) is 0 Å². The maximum Gasteiger partial charge on any atom is 0.222 e. The summed E-state index contributed by atoms with van der Waals surface area (Å²) in [6, 6.07) is 0.490. The van der Waals surface area contributed by atoms with Gasteiger partial charge < -0.3 is 10.2 Å². The zero-order valence-electron chi connectivity index (χ0n) is 11.2. The minimum Gasteiger partial charge on any atom is -0.341 e. The van der Waals surface area contributed by atoms with E-state index in [4.69, 9.17) is 0 Å². The van der Waals surface area contributed by atoms with Gasteiger partial charge in [0.25, 0.3) is 0 Å². The van der Waals surface area contributed by atoms with Gasteiger partial charge in [-0.2, -0.15) is 0 Å². The second kappa shape index (κ2) is 8.34. The van der Waals surface area contributed by atoms with Crippen molar-refractivity contribution in [3.63, 3.8) is 0 Å². The van der Waals surface area contributed by atoms with Crippen molar-refractivity contribution in [1.82, 2.24) is 10.2 Å². The summed E-state index contributed by atoms with van der Waals surface area (Å²) >= 11 is 0. The van der Waals surface area contributed by atoms with Crippen LogP contribution in [0.1, 0.15) is 40.0 Å². The molecular weight excluding hydrogens is 200 g/mol. The van der Waals surface area contributed by atoms with Gasteiger partial charge in [0.05, 0.1) is 0 Å². The van der Waals surface area contributed by atoms with Crippen LogP contribution in [-0.4, -0.2) is 37.0 Å². The van der Waals surface area contributed by atoms with Crippen molar-refractivity contribution in [3.8, 4) is 0 Å². The molecular formula is C13H26N2O. The summed E-state index contributed by atoms with van der Waals surface area (Å²) in [7, 11) is 1.95. The molecule has 0 bridgehead atoms. The fourth-order valence-electron chi connectivity index (χ4n) is 1.70. The predicted molar refractivity (Wildman–Crippen MR) is 69.4 cm³/mol. The molecule has 0 aromatic rings. The maximum absolute atomic E-state index is 11.7. The zero-order chi connectivity index (χ0) is 12.6. The van der Waals surface area contributed by atoms with Crippen LogP contribution < -0.4 is 5.32 Å². The summed E-state index contributed by atoms with van der Waals surface area (Å²) < 4.78 is 0. The fourth-order valence-corrected chi connectivity index (χ4v) is 1.70. The monoisotopic (exact) mass is 226 g/mol. The molecule has 0 aromatic carbocycles. The van der Waals surface area contributed by atoms with E-state index in [0.717, 1.165) is 31.5 Å². The molecule has 0 radical (unpaired) electrons. The molecule has 1 aliphatic heterocycles. The third-order valence-corrected chi connectivity index (χ3v) is 2.71. The Kier molecular flexibility index (Phi) is 7.90. The van der Waals surface area contributed by atoms with Gasteiger partial charge in [0, 0.05) is 25.6 Å². The Morgan fingerprint density at radius 1 is 1.44 bits per heavy atom. The second-order valence-electron chi connectivity index (χ2n) is 4.07. The zero-order valence-corrected chi connectivity index (χ0v) is 11.2. The molecule has 1 heterocycles. The number of allylic oxidation sites excluding steroid dienone is 1. The number of hydrogen-bond donors (Lipinski definition) is 1. The average Bonchev–Trinajstić information content (AvgIpc) is 2.77. The van der Waals surface area contributed by atoms with Crippen molar-refractivity contribution < 1.29 is 4.79 Å². The van der Waals surface area contributed by atoms with Crippen LogP contribution in [0.15, 0.2) is 12.2 Å². The lowest BCUT2D eigenvalue weighted by Gasteiger charge is -2.16.